The molecule has 6 heteroatoms. The molecule has 0 aliphatic carbocycles. The SMILES string of the molecule is C[C@H](NC(=O)CCOc1ccc(Cl)cc1)c1ccc2c(c1)OCCCO2. The van der Waals surface area contributed by atoms with Crippen molar-refractivity contribution in [1.82, 2.24) is 5.32 Å². The molecule has 1 aliphatic heterocycles. The van der Waals surface area contributed by atoms with Crippen molar-refractivity contribution in [2.45, 2.75) is 25.8 Å². The summed E-state index contributed by atoms with van der Waals surface area (Å²) in [6.07, 6.45) is 1.14. The number of rotatable bonds is 6. The third kappa shape index (κ3) is 5.05. The van der Waals surface area contributed by atoms with Crippen molar-refractivity contribution >= 4 is 17.5 Å². The molecule has 2 aromatic rings. The number of amides is 1. The molecule has 1 atom stereocenters. The Morgan fingerprint density at radius 2 is 1.88 bits per heavy atom. The summed E-state index contributed by atoms with van der Waals surface area (Å²) in [5.41, 5.74) is 0.973. The minimum Gasteiger partial charge on any atom is -0.493 e. The molecule has 0 fully saturated rings. The van der Waals surface area contributed by atoms with Crippen LogP contribution in [-0.4, -0.2) is 25.7 Å². The Morgan fingerprint density at radius 1 is 1.15 bits per heavy atom. The average Bonchev–Trinajstić information content (AvgIpc) is 2.88. The van der Waals surface area contributed by atoms with Gasteiger partial charge in [0.25, 0.3) is 0 Å². The maximum atomic E-state index is 12.1. The number of carbonyl (C=O) groups excluding carboxylic acids is 1. The highest BCUT2D eigenvalue weighted by atomic mass is 35.5. The van der Waals surface area contributed by atoms with Crippen molar-refractivity contribution in [3.05, 3.63) is 53.1 Å². The molecular formula is C20H22ClNO4. The summed E-state index contributed by atoms with van der Waals surface area (Å²) in [5, 5.41) is 3.63. The van der Waals surface area contributed by atoms with Crippen molar-refractivity contribution in [3.8, 4) is 17.2 Å². The highest BCUT2D eigenvalue weighted by Gasteiger charge is 2.15. The Morgan fingerprint density at radius 3 is 2.65 bits per heavy atom. The first-order chi connectivity index (χ1) is 12.6. The van der Waals surface area contributed by atoms with E-state index in [1.54, 1.807) is 24.3 Å². The zero-order chi connectivity index (χ0) is 18.4. The van der Waals surface area contributed by atoms with E-state index in [-0.39, 0.29) is 18.4 Å². The number of benzene rings is 2. The summed E-state index contributed by atoms with van der Waals surface area (Å²) in [6.45, 7) is 3.55. The molecule has 1 amide bonds. The van der Waals surface area contributed by atoms with Crippen LogP contribution in [0.15, 0.2) is 42.5 Å². The first-order valence-corrected chi connectivity index (χ1v) is 9.07. The van der Waals surface area contributed by atoms with E-state index < -0.39 is 0 Å². The van der Waals surface area contributed by atoms with Crippen LogP contribution in [-0.2, 0) is 4.79 Å². The number of fused-ring (bicyclic) bond motifs is 1. The van der Waals surface area contributed by atoms with Crippen molar-refractivity contribution in [1.29, 1.82) is 0 Å². The van der Waals surface area contributed by atoms with Gasteiger partial charge in [0.2, 0.25) is 5.91 Å². The van der Waals surface area contributed by atoms with Gasteiger partial charge in [-0.05, 0) is 48.9 Å². The van der Waals surface area contributed by atoms with Crippen molar-refractivity contribution in [2.75, 3.05) is 19.8 Å². The standard InChI is InChI=1S/C20H22ClNO4/c1-14(15-3-8-18-19(13-15)26-11-2-10-25-18)22-20(23)9-12-24-17-6-4-16(21)5-7-17/h3-8,13-14H,2,9-12H2,1H3,(H,22,23)/t14-/m0/s1. The van der Waals surface area contributed by atoms with Gasteiger partial charge in [0.05, 0.1) is 32.3 Å². The predicted octanol–water partition coefficient (Wildman–Crippen LogP) is 4.15. The van der Waals surface area contributed by atoms with Gasteiger partial charge in [0.1, 0.15) is 5.75 Å². The van der Waals surface area contributed by atoms with Gasteiger partial charge in [0.15, 0.2) is 11.5 Å². The lowest BCUT2D eigenvalue weighted by molar-refractivity contribution is -0.122. The lowest BCUT2D eigenvalue weighted by Gasteiger charge is -2.16. The van der Waals surface area contributed by atoms with Crippen LogP contribution < -0.4 is 19.5 Å². The average molecular weight is 376 g/mol. The van der Waals surface area contributed by atoms with Crippen LogP contribution in [0, 0.1) is 0 Å². The number of hydrogen-bond donors (Lipinski definition) is 1. The van der Waals surface area contributed by atoms with Gasteiger partial charge in [0, 0.05) is 11.4 Å². The molecule has 0 saturated carbocycles. The highest BCUT2D eigenvalue weighted by Crippen LogP contribution is 2.32. The molecular weight excluding hydrogens is 354 g/mol. The Bertz CT molecular complexity index is 748. The smallest absolute Gasteiger partial charge is 0.223 e. The molecule has 0 unspecified atom stereocenters. The van der Waals surface area contributed by atoms with Crippen molar-refractivity contribution < 1.29 is 19.0 Å². The van der Waals surface area contributed by atoms with E-state index >= 15 is 0 Å². The third-order valence-corrected chi connectivity index (χ3v) is 4.31. The molecule has 0 saturated heterocycles. The van der Waals surface area contributed by atoms with Crippen LogP contribution in [0.5, 0.6) is 17.2 Å². The molecule has 1 heterocycles. The van der Waals surface area contributed by atoms with Crippen LogP contribution in [0.1, 0.15) is 31.4 Å². The van der Waals surface area contributed by atoms with E-state index in [1.165, 1.54) is 0 Å². The maximum absolute atomic E-state index is 12.1. The molecule has 26 heavy (non-hydrogen) atoms. The van der Waals surface area contributed by atoms with Gasteiger partial charge < -0.3 is 19.5 Å². The summed E-state index contributed by atoms with van der Waals surface area (Å²) < 4.78 is 16.9. The minimum absolute atomic E-state index is 0.0708. The highest BCUT2D eigenvalue weighted by molar-refractivity contribution is 6.30. The molecule has 1 aliphatic rings. The summed E-state index contributed by atoms with van der Waals surface area (Å²) in [7, 11) is 0. The first kappa shape index (κ1) is 18.4. The summed E-state index contributed by atoms with van der Waals surface area (Å²) in [6, 6.07) is 12.7. The molecule has 0 radical (unpaired) electrons. The van der Waals surface area contributed by atoms with Crippen LogP contribution in [0.2, 0.25) is 5.02 Å². The van der Waals surface area contributed by atoms with Crippen LogP contribution in [0.3, 0.4) is 0 Å². The quantitative estimate of drug-likeness (QED) is 0.824. The Kier molecular flexibility index (Phi) is 6.23. The normalized spacial score (nSPS) is 14.2. The zero-order valence-electron chi connectivity index (χ0n) is 14.7. The van der Waals surface area contributed by atoms with Crippen LogP contribution in [0.25, 0.3) is 0 Å². The zero-order valence-corrected chi connectivity index (χ0v) is 15.4. The Balaban J connectivity index is 1.49. The van der Waals surface area contributed by atoms with Crippen molar-refractivity contribution in [3.63, 3.8) is 0 Å². The maximum Gasteiger partial charge on any atom is 0.223 e. The van der Waals surface area contributed by atoms with Gasteiger partial charge in [-0.1, -0.05) is 17.7 Å². The van der Waals surface area contributed by atoms with E-state index in [0.29, 0.717) is 30.6 Å². The molecule has 0 bridgehead atoms. The van der Waals surface area contributed by atoms with E-state index in [9.17, 15) is 4.79 Å². The van der Waals surface area contributed by atoms with Gasteiger partial charge in [-0.15, -0.1) is 0 Å². The molecule has 1 N–H and O–H groups in total. The fraction of sp³-hybridized carbons (Fsp3) is 0.350. The second-order valence-corrected chi connectivity index (χ2v) is 6.53. The van der Waals surface area contributed by atoms with Gasteiger partial charge in [-0.25, -0.2) is 0 Å². The number of halogens is 1. The summed E-state index contributed by atoms with van der Waals surface area (Å²) >= 11 is 5.83. The van der Waals surface area contributed by atoms with Crippen LogP contribution in [0.4, 0.5) is 0 Å². The van der Waals surface area contributed by atoms with E-state index in [1.807, 2.05) is 25.1 Å². The first-order valence-electron chi connectivity index (χ1n) is 8.69. The lowest BCUT2D eigenvalue weighted by atomic mass is 10.1. The summed E-state index contributed by atoms with van der Waals surface area (Å²) in [5.74, 6) is 2.10. The Labute approximate surface area is 158 Å². The van der Waals surface area contributed by atoms with Gasteiger partial charge in [-0.3, -0.25) is 4.79 Å². The molecule has 0 aromatic heterocycles. The second kappa shape index (κ2) is 8.81. The third-order valence-electron chi connectivity index (χ3n) is 4.06. The minimum atomic E-state index is -0.129. The number of carbonyl (C=O) groups is 1. The largest absolute Gasteiger partial charge is 0.493 e. The molecule has 2 aromatic carbocycles. The summed E-state index contributed by atoms with van der Waals surface area (Å²) in [4.78, 5) is 12.1. The number of hydrogen-bond acceptors (Lipinski definition) is 4. The molecule has 0 spiro atoms. The second-order valence-electron chi connectivity index (χ2n) is 6.10. The molecule has 5 nitrogen and oxygen atoms in total. The molecule has 138 valence electrons. The fourth-order valence-corrected chi connectivity index (χ4v) is 2.76. The van der Waals surface area contributed by atoms with Crippen LogP contribution >= 0.6 is 11.6 Å². The Hall–Kier alpha value is -2.40. The number of nitrogens with one attached hydrogen (secondary N) is 1. The van der Waals surface area contributed by atoms with E-state index in [2.05, 4.69) is 5.32 Å². The topological polar surface area (TPSA) is 56.8 Å². The monoisotopic (exact) mass is 375 g/mol. The number of ether oxygens (including phenoxy) is 3. The van der Waals surface area contributed by atoms with Gasteiger partial charge in [-0.2, -0.15) is 0 Å². The van der Waals surface area contributed by atoms with E-state index in [0.717, 1.165) is 23.5 Å². The van der Waals surface area contributed by atoms with E-state index in [4.69, 9.17) is 25.8 Å². The lowest BCUT2D eigenvalue weighted by Crippen LogP contribution is -2.27. The van der Waals surface area contributed by atoms with Gasteiger partial charge >= 0.3 is 0 Å². The van der Waals surface area contributed by atoms with Crippen molar-refractivity contribution in [2.24, 2.45) is 0 Å². The predicted molar refractivity (Wildman–Crippen MR) is 100 cm³/mol. The molecule has 3 rings (SSSR count). The fourth-order valence-electron chi connectivity index (χ4n) is 2.64.